The van der Waals surface area contributed by atoms with Crippen molar-refractivity contribution in [1.29, 1.82) is 0 Å². The summed E-state index contributed by atoms with van der Waals surface area (Å²) in [6.07, 6.45) is 4.25. The maximum atomic E-state index is 13.2. The molecule has 0 aromatic heterocycles. The Balaban J connectivity index is 2.02. The highest BCUT2D eigenvalue weighted by molar-refractivity contribution is 5.53. The van der Waals surface area contributed by atoms with Crippen LogP contribution in [0.25, 0.3) is 0 Å². The van der Waals surface area contributed by atoms with Gasteiger partial charge in [-0.25, -0.2) is 4.39 Å². The van der Waals surface area contributed by atoms with Crippen molar-refractivity contribution in [2.75, 3.05) is 12.8 Å². The lowest BCUT2D eigenvalue weighted by Crippen LogP contribution is -2.29. The molecule has 4 heteroatoms. The Kier molecular flexibility index (Phi) is 3.84. The lowest BCUT2D eigenvalue weighted by atomic mass is 9.95. The monoisotopic (exact) mass is 239 g/mol. The van der Waals surface area contributed by atoms with Gasteiger partial charge in [-0.1, -0.05) is 6.07 Å². The molecule has 2 N–H and O–H groups in total. The molecule has 1 fully saturated rings. The molecule has 0 spiro atoms. The molecule has 0 amide bonds. The maximum Gasteiger partial charge on any atom is 0.149 e. The van der Waals surface area contributed by atoms with Crippen molar-refractivity contribution in [3.8, 4) is 5.75 Å². The first-order valence-electron chi connectivity index (χ1n) is 5.94. The molecule has 1 aromatic carbocycles. The Hall–Kier alpha value is -1.29. The van der Waals surface area contributed by atoms with Crippen molar-refractivity contribution in [3.63, 3.8) is 0 Å². The van der Waals surface area contributed by atoms with Crippen molar-refractivity contribution >= 4 is 5.69 Å². The number of nitrogen functional groups attached to an aromatic ring is 1. The second kappa shape index (κ2) is 5.36. The van der Waals surface area contributed by atoms with Crippen LogP contribution < -0.4 is 10.5 Å². The fraction of sp³-hybridized carbons (Fsp3) is 0.538. The number of methoxy groups -OCH3 is 1. The molecule has 0 aliphatic heterocycles. The first-order valence-corrected chi connectivity index (χ1v) is 5.94. The van der Waals surface area contributed by atoms with E-state index in [9.17, 15) is 4.39 Å². The number of benzene rings is 1. The van der Waals surface area contributed by atoms with Crippen molar-refractivity contribution in [2.24, 2.45) is 0 Å². The smallest absolute Gasteiger partial charge is 0.149 e. The Morgan fingerprint density at radius 2 is 2.06 bits per heavy atom. The Morgan fingerprint density at radius 1 is 1.29 bits per heavy atom. The van der Waals surface area contributed by atoms with Crippen LogP contribution in [0.15, 0.2) is 18.2 Å². The fourth-order valence-corrected chi connectivity index (χ4v) is 2.22. The highest BCUT2D eigenvalue weighted by Gasteiger charge is 2.23. The standard InChI is InChI=1S/C13H18FNO2/c1-16-9-4-2-5-10(8-9)17-12-7-3-6-11(14)13(12)15/h3,6-7,9-10H,2,4-5,8,15H2,1H3. The predicted octanol–water partition coefficient (Wildman–Crippen LogP) is 2.74. The van der Waals surface area contributed by atoms with Crippen molar-refractivity contribution in [3.05, 3.63) is 24.0 Å². The van der Waals surface area contributed by atoms with Crippen molar-refractivity contribution < 1.29 is 13.9 Å². The largest absolute Gasteiger partial charge is 0.488 e. The summed E-state index contributed by atoms with van der Waals surface area (Å²) in [6.45, 7) is 0. The average Bonchev–Trinajstić information content (AvgIpc) is 2.35. The summed E-state index contributed by atoms with van der Waals surface area (Å²) in [6, 6.07) is 4.65. The molecule has 0 heterocycles. The third kappa shape index (κ3) is 2.88. The number of hydrogen-bond donors (Lipinski definition) is 1. The average molecular weight is 239 g/mol. The van der Waals surface area contributed by atoms with E-state index in [0.29, 0.717) is 5.75 Å². The van der Waals surface area contributed by atoms with Crippen LogP contribution in [-0.2, 0) is 4.74 Å². The molecule has 2 rings (SSSR count). The van der Waals surface area contributed by atoms with Gasteiger partial charge in [-0.05, 0) is 31.4 Å². The Bertz CT molecular complexity index is 384. The van der Waals surface area contributed by atoms with E-state index in [4.69, 9.17) is 15.2 Å². The first kappa shape index (κ1) is 12.2. The van der Waals surface area contributed by atoms with Gasteiger partial charge in [0.2, 0.25) is 0 Å². The minimum Gasteiger partial charge on any atom is -0.488 e. The minimum absolute atomic E-state index is 0.0674. The molecule has 0 saturated heterocycles. The van der Waals surface area contributed by atoms with Crippen LogP contribution in [0, 0.1) is 5.82 Å². The topological polar surface area (TPSA) is 44.5 Å². The zero-order chi connectivity index (χ0) is 12.3. The minimum atomic E-state index is -0.429. The van der Waals surface area contributed by atoms with Gasteiger partial charge in [0.05, 0.1) is 6.10 Å². The van der Waals surface area contributed by atoms with Gasteiger partial charge >= 0.3 is 0 Å². The van der Waals surface area contributed by atoms with Gasteiger partial charge in [-0.2, -0.15) is 0 Å². The fourth-order valence-electron chi connectivity index (χ4n) is 2.22. The number of nitrogens with two attached hydrogens (primary N) is 1. The first-order chi connectivity index (χ1) is 8.20. The van der Waals surface area contributed by atoms with Crippen LogP contribution in [0.3, 0.4) is 0 Å². The Labute approximate surface area is 101 Å². The van der Waals surface area contributed by atoms with Crippen LogP contribution >= 0.6 is 0 Å². The molecule has 0 radical (unpaired) electrons. The van der Waals surface area contributed by atoms with E-state index >= 15 is 0 Å². The molecule has 94 valence electrons. The van der Waals surface area contributed by atoms with E-state index in [0.717, 1.165) is 25.7 Å². The quantitative estimate of drug-likeness (QED) is 0.825. The molecule has 1 saturated carbocycles. The van der Waals surface area contributed by atoms with E-state index in [2.05, 4.69) is 0 Å². The van der Waals surface area contributed by atoms with Gasteiger partial charge in [-0.15, -0.1) is 0 Å². The summed E-state index contributed by atoms with van der Waals surface area (Å²) < 4.78 is 24.3. The van der Waals surface area contributed by atoms with E-state index in [-0.39, 0.29) is 17.9 Å². The molecule has 1 aromatic rings. The lowest BCUT2D eigenvalue weighted by Gasteiger charge is -2.29. The van der Waals surface area contributed by atoms with E-state index in [1.165, 1.54) is 6.07 Å². The third-order valence-corrected chi connectivity index (χ3v) is 3.22. The normalized spacial score (nSPS) is 24.6. The van der Waals surface area contributed by atoms with Gasteiger partial charge in [0.25, 0.3) is 0 Å². The summed E-state index contributed by atoms with van der Waals surface area (Å²) in [5.41, 5.74) is 5.73. The second-order valence-electron chi connectivity index (χ2n) is 4.42. The zero-order valence-corrected chi connectivity index (χ0v) is 9.99. The van der Waals surface area contributed by atoms with Crippen LogP contribution in [0.5, 0.6) is 5.75 Å². The molecule has 1 aliphatic rings. The molecule has 0 bridgehead atoms. The predicted molar refractivity (Wildman–Crippen MR) is 64.5 cm³/mol. The van der Waals surface area contributed by atoms with Gasteiger partial charge in [0.1, 0.15) is 23.4 Å². The number of rotatable bonds is 3. The van der Waals surface area contributed by atoms with Crippen LogP contribution in [0.2, 0.25) is 0 Å². The molecule has 3 nitrogen and oxygen atoms in total. The molecule has 2 atom stereocenters. The summed E-state index contributed by atoms with van der Waals surface area (Å²) in [5.74, 6) is 0.00774. The summed E-state index contributed by atoms with van der Waals surface area (Å²) in [4.78, 5) is 0. The number of ether oxygens (including phenoxy) is 2. The molecule has 2 unspecified atom stereocenters. The highest BCUT2D eigenvalue weighted by atomic mass is 19.1. The molecular formula is C13H18FNO2. The third-order valence-electron chi connectivity index (χ3n) is 3.22. The van der Waals surface area contributed by atoms with E-state index < -0.39 is 5.82 Å². The number of hydrogen-bond acceptors (Lipinski definition) is 3. The number of para-hydroxylation sites is 1. The SMILES string of the molecule is COC1CCCC(Oc2cccc(F)c2N)C1. The van der Waals surface area contributed by atoms with Crippen molar-refractivity contribution in [1.82, 2.24) is 0 Å². The van der Waals surface area contributed by atoms with E-state index in [1.807, 2.05) is 0 Å². The van der Waals surface area contributed by atoms with Gasteiger partial charge in [-0.3, -0.25) is 0 Å². The van der Waals surface area contributed by atoms with Crippen LogP contribution in [0.1, 0.15) is 25.7 Å². The van der Waals surface area contributed by atoms with Gasteiger partial charge in [0, 0.05) is 13.5 Å². The summed E-state index contributed by atoms with van der Waals surface area (Å²) in [5, 5.41) is 0. The van der Waals surface area contributed by atoms with Gasteiger partial charge < -0.3 is 15.2 Å². The number of halogens is 1. The summed E-state index contributed by atoms with van der Waals surface area (Å²) >= 11 is 0. The second-order valence-corrected chi connectivity index (χ2v) is 4.42. The van der Waals surface area contributed by atoms with Gasteiger partial charge in [0.15, 0.2) is 0 Å². The number of anilines is 1. The molecular weight excluding hydrogens is 221 g/mol. The van der Waals surface area contributed by atoms with E-state index in [1.54, 1.807) is 19.2 Å². The zero-order valence-electron chi connectivity index (χ0n) is 9.99. The molecule has 1 aliphatic carbocycles. The Morgan fingerprint density at radius 3 is 2.82 bits per heavy atom. The highest BCUT2D eigenvalue weighted by Crippen LogP contribution is 2.29. The van der Waals surface area contributed by atoms with Crippen LogP contribution in [0.4, 0.5) is 10.1 Å². The summed E-state index contributed by atoms with van der Waals surface area (Å²) in [7, 11) is 1.71. The lowest BCUT2D eigenvalue weighted by molar-refractivity contribution is 0.0211. The van der Waals surface area contributed by atoms with Crippen molar-refractivity contribution in [2.45, 2.75) is 37.9 Å². The maximum absolute atomic E-state index is 13.2. The molecule has 17 heavy (non-hydrogen) atoms. The van der Waals surface area contributed by atoms with Crippen LogP contribution in [-0.4, -0.2) is 19.3 Å².